The smallest absolute Gasteiger partial charge is 0.301 e. The zero-order chi connectivity index (χ0) is 30.4. The highest BCUT2D eigenvalue weighted by molar-refractivity contribution is 7.88. The van der Waals surface area contributed by atoms with E-state index in [1.807, 2.05) is 0 Å². The van der Waals surface area contributed by atoms with Crippen molar-refractivity contribution in [1.82, 2.24) is 29.0 Å². The van der Waals surface area contributed by atoms with Gasteiger partial charge in [-0.2, -0.15) is 13.1 Å². The van der Waals surface area contributed by atoms with Gasteiger partial charge in [-0.05, 0) is 33.6 Å². The summed E-state index contributed by atoms with van der Waals surface area (Å²) in [5.41, 5.74) is 0.495. The molecule has 2 aliphatic rings. The number of ether oxygens (including phenoxy) is 1. The molecule has 1 aliphatic heterocycles. The molecule has 1 amide bonds. The second kappa shape index (κ2) is 13.7. The van der Waals surface area contributed by atoms with Crippen LogP contribution in [-0.2, 0) is 14.9 Å². The van der Waals surface area contributed by atoms with E-state index in [1.54, 1.807) is 9.62 Å². The third-order valence-electron chi connectivity index (χ3n) is 7.22. The van der Waals surface area contributed by atoms with E-state index in [0.717, 1.165) is 18.9 Å². The molecule has 5 rings (SSSR count). The minimum absolute atomic E-state index is 0.327. The number of carbonyl (C=O) groups is 1. The van der Waals surface area contributed by atoms with Crippen molar-refractivity contribution in [3.05, 3.63) is 42.5 Å². The SMILES string of the molecule is CC[NH+](CC)CC.O=C(NS(=O)(=O)NC[C@H]1O[C@@H](n2cnc3c(NC4CC4)ncnc32)[C@H](O)[C@@H]1O)c1ccccc1[O-]. The maximum Gasteiger partial charge on any atom is 0.301 e. The van der Waals surface area contributed by atoms with Gasteiger partial charge in [0.25, 0.3) is 5.91 Å². The summed E-state index contributed by atoms with van der Waals surface area (Å²) in [6.07, 6.45) is -0.327. The lowest BCUT2D eigenvalue weighted by Gasteiger charge is -2.17. The molecule has 42 heavy (non-hydrogen) atoms. The Hall–Kier alpha value is -3.41. The number of nitrogens with zero attached hydrogens (tertiary/aromatic N) is 4. The van der Waals surface area contributed by atoms with Gasteiger partial charge < -0.3 is 30.3 Å². The molecule has 6 N–H and O–H groups in total. The van der Waals surface area contributed by atoms with Crippen LogP contribution in [0.1, 0.15) is 50.2 Å². The zero-order valence-electron chi connectivity index (χ0n) is 23.7. The fraction of sp³-hybridized carbons (Fsp3) is 0.538. The van der Waals surface area contributed by atoms with Crippen LogP contribution in [0.15, 0.2) is 36.9 Å². The van der Waals surface area contributed by atoms with Crippen LogP contribution < -0.4 is 24.8 Å². The summed E-state index contributed by atoms with van der Waals surface area (Å²) in [7, 11) is -4.40. The summed E-state index contributed by atoms with van der Waals surface area (Å²) in [6, 6.07) is 5.51. The van der Waals surface area contributed by atoms with Crippen LogP contribution in [0.2, 0.25) is 0 Å². The van der Waals surface area contributed by atoms with Crippen LogP contribution in [0.25, 0.3) is 11.2 Å². The largest absolute Gasteiger partial charge is 0.872 e. The van der Waals surface area contributed by atoms with E-state index in [-0.39, 0.29) is 5.56 Å². The fourth-order valence-electron chi connectivity index (χ4n) is 4.50. The number of imidazole rings is 1. The number of fused-ring (bicyclic) bond motifs is 1. The molecule has 3 aromatic rings. The van der Waals surface area contributed by atoms with Crippen molar-refractivity contribution in [3.63, 3.8) is 0 Å². The molecule has 1 aliphatic carbocycles. The summed E-state index contributed by atoms with van der Waals surface area (Å²) in [4.78, 5) is 26.5. The van der Waals surface area contributed by atoms with Gasteiger partial charge in [-0.1, -0.05) is 30.0 Å². The van der Waals surface area contributed by atoms with E-state index >= 15 is 0 Å². The maximum atomic E-state index is 12.3. The second-order valence-corrected chi connectivity index (χ2v) is 11.6. The number of para-hydroxylation sites is 1. The van der Waals surface area contributed by atoms with Gasteiger partial charge in [-0.15, -0.1) is 0 Å². The molecule has 0 spiro atoms. The molecular weight excluding hydrogens is 568 g/mol. The Morgan fingerprint density at radius 3 is 2.40 bits per heavy atom. The summed E-state index contributed by atoms with van der Waals surface area (Å²) < 4.78 is 35.6. The number of carbonyl (C=O) groups excluding carboxylic acids is 1. The number of hydrogen-bond acceptors (Lipinski definition) is 11. The Bertz CT molecular complexity index is 1460. The van der Waals surface area contributed by atoms with Crippen molar-refractivity contribution in [2.24, 2.45) is 0 Å². The summed E-state index contributed by atoms with van der Waals surface area (Å²) in [5, 5.41) is 36.0. The van der Waals surface area contributed by atoms with Gasteiger partial charge in [0.2, 0.25) is 0 Å². The second-order valence-electron chi connectivity index (χ2n) is 10.1. The first-order valence-electron chi connectivity index (χ1n) is 13.9. The average molecular weight is 607 g/mol. The van der Waals surface area contributed by atoms with Gasteiger partial charge in [0.15, 0.2) is 23.2 Å². The van der Waals surface area contributed by atoms with Crippen molar-refractivity contribution in [2.45, 2.75) is 64.2 Å². The first-order valence-corrected chi connectivity index (χ1v) is 15.4. The first-order chi connectivity index (χ1) is 20.1. The average Bonchev–Trinajstić information content (AvgIpc) is 3.61. The van der Waals surface area contributed by atoms with Crippen LogP contribution in [-0.4, -0.2) is 94.6 Å². The third-order valence-corrected chi connectivity index (χ3v) is 8.22. The highest BCUT2D eigenvalue weighted by Gasteiger charge is 2.44. The molecule has 0 bridgehead atoms. The molecule has 0 radical (unpaired) electrons. The Kier molecular flexibility index (Phi) is 10.3. The van der Waals surface area contributed by atoms with Crippen LogP contribution in [0.4, 0.5) is 5.82 Å². The zero-order valence-corrected chi connectivity index (χ0v) is 24.5. The molecule has 1 saturated heterocycles. The van der Waals surface area contributed by atoms with E-state index in [1.165, 1.54) is 55.1 Å². The minimum Gasteiger partial charge on any atom is -0.872 e. The van der Waals surface area contributed by atoms with Crippen molar-refractivity contribution < 1.29 is 38.2 Å². The molecule has 0 unspecified atom stereocenters. The minimum atomic E-state index is -4.40. The quantitative estimate of drug-likeness (QED) is 0.145. The lowest BCUT2D eigenvalue weighted by atomic mass is 10.1. The van der Waals surface area contributed by atoms with Gasteiger partial charge in [0.05, 0.1) is 26.0 Å². The predicted octanol–water partition coefficient (Wildman–Crippen LogP) is -1.71. The topological polar surface area (TPSA) is 208 Å². The molecule has 1 aromatic carbocycles. The predicted molar refractivity (Wildman–Crippen MR) is 151 cm³/mol. The number of quaternary nitrogens is 1. The number of hydrogen-bond donors (Lipinski definition) is 6. The number of nitrogens with one attached hydrogen (secondary N) is 4. The fourth-order valence-corrected chi connectivity index (χ4v) is 5.31. The van der Waals surface area contributed by atoms with Crippen LogP contribution in [0.3, 0.4) is 0 Å². The lowest BCUT2D eigenvalue weighted by molar-refractivity contribution is -0.894. The number of rotatable bonds is 11. The van der Waals surface area contributed by atoms with Crippen LogP contribution in [0, 0.1) is 0 Å². The van der Waals surface area contributed by atoms with Gasteiger partial charge in [-0.25, -0.2) is 19.7 Å². The number of amides is 1. The lowest BCUT2D eigenvalue weighted by Crippen LogP contribution is -3.11. The Morgan fingerprint density at radius 1 is 1.10 bits per heavy atom. The summed E-state index contributed by atoms with van der Waals surface area (Å²) in [6.45, 7) is 10.0. The van der Waals surface area contributed by atoms with Gasteiger partial charge in [0.1, 0.15) is 24.6 Å². The van der Waals surface area contributed by atoms with Crippen molar-refractivity contribution >= 4 is 33.1 Å². The Labute approximate surface area is 244 Å². The highest BCUT2D eigenvalue weighted by atomic mass is 32.2. The molecule has 2 fully saturated rings. The molecule has 230 valence electrons. The normalized spacial score (nSPS) is 22.1. The Balaban J connectivity index is 0.000000517. The van der Waals surface area contributed by atoms with Crippen molar-refractivity contribution in [2.75, 3.05) is 31.5 Å². The highest BCUT2D eigenvalue weighted by Crippen LogP contribution is 2.33. The van der Waals surface area contributed by atoms with Crippen LogP contribution >= 0.6 is 0 Å². The molecule has 4 atom stereocenters. The number of aliphatic hydroxyl groups is 2. The van der Waals surface area contributed by atoms with Crippen molar-refractivity contribution in [1.29, 1.82) is 0 Å². The van der Waals surface area contributed by atoms with E-state index in [2.05, 4.69) is 45.8 Å². The summed E-state index contributed by atoms with van der Waals surface area (Å²) in [5.74, 6) is -1.19. The first kappa shape index (κ1) is 31.5. The van der Waals surface area contributed by atoms with Gasteiger partial charge in [0, 0.05) is 18.2 Å². The maximum absolute atomic E-state index is 12.3. The van der Waals surface area contributed by atoms with Gasteiger partial charge >= 0.3 is 10.2 Å². The van der Waals surface area contributed by atoms with Gasteiger partial charge in [-0.3, -0.25) is 9.36 Å². The third kappa shape index (κ3) is 7.50. The monoisotopic (exact) mass is 606 g/mol. The molecule has 2 aromatic heterocycles. The van der Waals surface area contributed by atoms with E-state index < -0.39 is 53.0 Å². The molecular formula is C26H38N8O7S. The van der Waals surface area contributed by atoms with Crippen molar-refractivity contribution in [3.8, 4) is 5.75 Å². The number of benzene rings is 1. The molecule has 16 heteroatoms. The standard InChI is InChI=1S/C20H23N7O7S.C6H15N/c28-12-4-2-1-3-11(12)19(31)26-35(32,33)24-7-13-15(29)16(30)20(34-13)27-9-23-14-17(25-10-5-6-10)21-8-22-18(14)27;1-4-7(5-2)6-3/h1-4,8-10,13,15-16,20,24,28-30H,5-7H2,(H,26,31)(H,21,22,25);4-6H2,1-3H3/t13-,15-,16-,20-;/m1./s1. The number of aliphatic hydroxyl groups excluding tert-OH is 2. The number of aromatic nitrogens is 4. The molecule has 3 heterocycles. The molecule has 1 saturated carbocycles. The summed E-state index contributed by atoms with van der Waals surface area (Å²) >= 11 is 0. The van der Waals surface area contributed by atoms with E-state index in [4.69, 9.17) is 4.74 Å². The number of anilines is 1. The van der Waals surface area contributed by atoms with E-state index in [9.17, 15) is 28.5 Å². The van der Waals surface area contributed by atoms with Crippen LogP contribution in [0.5, 0.6) is 5.75 Å². The molecule has 15 nitrogen and oxygen atoms in total. The van der Waals surface area contributed by atoms with E-state index in [0.29, 0.717) is 23.0 Å². The Morgan fingerprint density at radius 2 is 1.79 bits per heavy atom.